The molecular weight excluding hydrogens is 126 g/mol. The zero-order valence-electron chi connectivity index (χ0n) is 6.90. The Balaban J connectivity index is 3.60. The summed E-state index contributed by atoms with van der Waals surface area (Å²) in [7, 11) is 0. The second-order valence-electron chi connectivity index (χ2n) is 2.36. The van der Waals surface area contributed by atoms with E-state index in [9.17, 15) is 4.79 Å². The summed E-state index contributed by atoms with van der Waals surface area (Å²) >= 11 is 0. The fourth-order valence-electron chi connectivity index (χ4n) is 0.678. The van der Waals surface area contributed by atoms with Crippen molar-refractivity contribution in [1.82, 2.24) is 5.32 Å². The third-order valence-electron chi connectivity index (χ3n) is 1.07. The summed E-state index contributed by atoms with van der Waals surface area (Å²) in [6.45, 7) is 6.48. The second kappa shape index (κ2) is 5.03. The lowest BCUT2D eigenvalue weighted by molar-refractivity contribution is -0.112. The number of rotatable bonds is 4. The highest BCUT2D eigenvalue weighted by molar-refractivity contribution is 5.87. The summed E-state index contributed by atoms with van der Waals surface area (Å²) in [6.07, 6.45) is 2.69. The molecule has 0 heterocycles. The van der Waals surface area contributed by atoms with Crippen molar-refractivity contribution in [3.05, 3.63) is 11.8 Å². The highest BCUT2D eigenvalue weighted by Crippen LogP contribution is 1.86. The largest absolute Gasteiger partial charge is 0.388 e. The van der Waals surface area contributed by atoms with Crippen LogP contribution in [0.15, 0.2) is 11.8 Å². The molecule has 0 bridgehead atoms. The highest BCUT2D eigenvalue weighted by Gasteiger charge is 1.88. The van der Waals surface area contributed by atoms with Gasteiger partial charge in [-0.3, -0.25) is 4.79 Å². The van der Waals surface area contributed by atoms with Crippen LogP contribution in [0.25, 0.3) is 0 Å². The van der Waals surface area contributed by atoms with E-state index < -0.39 is 0 Å². The molecule has 0 aliphatic rings. The maximum atomic E-state index is 10.5. The lowest BCUT2D eigenvalue weighted by Gasteiger charge is -2.01. The quantitative estimate of drug-likeness (QED) is 0.601. The fourth-order valence-corrected chi connectivity index (χ4v) is 0.678. The van der Waals surface area contributed by atoms with Gasteiger partial charge < -0.3 is 5.32 Å². The molecule has 0 unspecified atom stereocenters. The van der Waals surface area contributed by atoms with Crippen LogP contribution >= 0.6 is 0 Å². The molecule has 0 aromatic heterocycles. The summed E-state index contributed by atoms with van der Waals surface area (Å²) in [5, 5.41) is 3.10. The first-order valence-electron chi connectivity index (χ1n) is 3.59. The molecule has 0 saturated heterocycles. The summed E-state index contributed by atoms with van der Waals surface area (Å²) in [5.41, 5.74) is 0.953. The van der Waals surface area contributed by atoms with Crippen molar-refractivity contribution in [3.63, 3.8) is 0 Å². The molecule has 0 fully saturated rings. The van der Waals surface area contributed by atoms with Crippen molar-refractivity contribution in [2.45, 2.75) is 27.2 Å². The average molecular weight is 141 g/mol. The number of ketones is 1. The lowest BCUT2D eigenvalue weighted by Crippen LogP contribution is -2.12. The van der Waals surface area contributed by atoms with E-state index in [0.29, 0.717) is 0 Å². The molecule has 0 aromatic rings. The smallest absolute Gasteiger partial charge is 0.154 e. The third-order valence-corrected chi connectivity index (χ3v) is 1.07. The Morgan fingerprint density at radius 1 is 1.50 bits per heavy atom. The van der Waals surface area contributed by atoms with Crippen LogP contribution < -0.4 is 5.32 Å². The van der Waals surface area contributed by atoms with Gasteiger partial charge >= 0.3 is 0 Å². The second-order valence-corrected chi connectivity index (χ2v) is 2.36. The van der Waals surface area contributed by atoms with Crippen LogP contribution in [-0.4, -0.2) is 12.3 Å². The summed E-state index contributed by atoms with van der Waals surface area (Å²) in [5.74, 6) is 0.0982. The first-order valence-corrected chi connectivity index (χ1v) is 3.59. The van der Waals surface area contributed by atoms with Crippen LogP contribution in [0.2, 0.25) is 0 Å². The van der Waals surface area contributed by atoms with Crippen LogP contribution in [0.1, 0.15) is 27.2 Å². The normalized spacial score (nSPS) is 11.3. The van der Waals surface area contributed by atoms with Gasteiger partial charge in [-0.15, -0.1) is 0 Å². The van der Waals surface area contributed by atoms with Gasteiger partial charge in [-0.05, 0) is 26.3 Å². The van der Waals surface area contributed by atoms with Crippen LogP contribution in [0, 0.1) is 0 Å². The molecule has 58 valence electrons. The van der Waals surface area contributed by atoms with Gasteiger partial charge in [0.2, 0.25) is 0 Å². The molecule has 0 spiro atoms. The number of hydrogen-bond acceptors (Lipinski definition) is 2. The Labute approximate surface area is 62.3 Å². The number of carbonyl (C=O) groups excluding carboxylic acids is 1. The highest BCUT2D eigenvalue weighted by atomic mass is 16.1. The van der Waals surface area contributed by atoms with Gasteiger partial charge in [0, 0.05) is 12.2 Å². The van der Waals surface area contributed by atoms with E-state index in [1.807, 2.05) is 6.92 Å². The minimum Gasteiger partial charge on any atom is -0.388 e. The molecule has 0 aromatic carbocycles. The van der Waals surface area contributed by atoms with Crippen LogP contribution in [0.5, 0.6) is 0 Å². The number of allylic oxidation sites excluding steroid dienone is 2. The zero-order valence-corrected chi connectivity index (χ0v) is 6.90. The molecule has 0 rings (SSSR count). The maximum Gasteiger partial charge on any atom is 0.154 e. The van der Waals surface area contributed by atoms with Crippen molar-refractivity contribution < 1.29 is 4.79 Å². The van der Waals surface area contributed by atoms with E-state index in [0.717, 1.165) is 18.7 Å². The van der Waals surface area contributed by atoms with E-state index in [1.54, 1.807) is 13.0 Å². The fraction of sp³-hybridized carbons (Fsp3) is 0.625. The minimum atomic E-state index is 0.0982. The minimum absolute atomic E-state index is 0.0982. The Morgan fingerprint density at radius 2 is 2.10 bits per heavy atom. The molecule has 2 heteroatoms. The first kappa shape index (κ1) is 9.21. The van der Waals surface area contributed by atoms with Crippen LogP contribution in [-0.2, 0) is 4.79 Å². The third kappa shape index (κ3) is 5.35. The number of nitrogens with one attached hydrogen (secondary N) is 1. The van der Waals surface area contributed by atoms with Crippen LogP contribution in [0.3, 0.4) is 0 Å². The Hall–Kier alpha value is -0.790. The topological polar surface area (TPSA) is 29.1 Å². The van der Waals surface area contributed by atoms with Crippen LogP contribution in [0.4, 0.5) is 0 Å². The summed E-state index contributed by atoms with van der Waals surface area (Å²) in [6, 6.07) is 0. The van der Waals surface area contributed by atoms with Crippen molar-refractivity contribution >= 4 is 5.78 Å². The SMILES string of the molecule is CCCNC(C)=CC(C)=O. The molecule has 0 atom stereocenters. The predicted octanol–water partition coefficient (Wildman–Crippen LogP) is 1.48. The molecule has 0 amide bonds. The molecule has 10 heavy (non-hydrogen) atoms. The van der Waals surface area contributed by atoms with Gasteiger partial charge in [0.25, 0.3) is 0 Å². The summed E-state index contributed by atoms with van der Waals surface area (Å²) < 4.78 is 0. The van der Waals surface area contributed by atoms with Gasteiger partial charge in [0.15, 0.2) is 5.78 Å². The van der Waals surface area contributed by atoms with Gasteiger partial charge in [0.1, 0.15) is 0 Å². The van der Waals surface area contributed by atoms with E-state index in [2.05, 4.69) is 12.2 Å². The maximum absolute atomic E-state index is 10.5. The molecule has 0 saturated carbocycles. The monoisotopic (exact) mass is 141 g/mol. The molecule has 2 nitrogen and oxygen atoms in total. The van der Waals surface area contributed by atoms with Gasteiger partial charge in [-0.25, -0.2) is 0 Å². The molecule has 0 radical (unpaired) electrons. The van der Waals surface area contributed by atoms with E-state index >= 15 is 0 Å². The first-order chi connectivity index (χ1) is 4.66. The van der Waals surface area contributed by atoms with E-state index in [4.69, 9.17) is 0 Å². The summed E-state index contributed by atoms with van der Waals surface area (Å²) in [4.78, 5) is 10.5. The van der Waals surface area contributed by atoms with E-state index in [-0.39, 0.29) is 5.78 Å². The average Bonchev–Trinajstić information content (AvgIpc) is 1.82. The molecule has 0 aliphatic heterocycles. The van der Waals surface area contributed by atoms with Gasteiger partial charge in [-0.1, -0.05) is 6.92 Å². The molecule has 1 N–H and O–H groups in total. The Morgan fingerprint density at radius 3 is 2.50 bits per heavy atom. The van der Waals surface area contributed by atoms with Crippen molar-refractivity contribution in [2.24, 2.45) is 0 Å². The van der Waals surface area contributed by atoms with Crippen molar-refractivity contribution in [3.8, 4) is 0 Å². The van der Waals surface area contributed by atoms with E-state index in [1.165, 1.54) is 0 Å². The number of carbonyl (C=O) groups is 1. The standard InChI is InChI=1S/C8H15NO/c1-4-5-9-7(2)6-8(3)10/h6,9H,4-5H2,1-3H3. The lowest BCUT2D eigenvalue weighted by atomic mass is 10.3. The molecular formula is C8H15NO. The van der Waals surface area contributed by atoms with Crippen molar-refractivity contribution in [2.75, 3.05) is 6.54 Å². The zero-order chi connectivity index (χ0) is 7.98. The number of hydrogen-bond donors (Lipinski definition) is 1. The van der Waals surface area contributed by atoms with Gasteiger partial charge in [0.05, 0.1) is 0 Å². The predicted molar refractivity (Wildman–Crippen MR) is 42.7 cm³/mol. The van der Waals surface area contributed by atoms with Gasteiger partial charge in [-0.2, -0.15) is 0 Å². The Kier molecular flexibility index (Phi) is 4.63. The Bertz CT molecular complexity index is 138. The molecule has 0 aliphatic carbocycles. The van der Waals surface area contributed by atoms with Crippen molar-refractivity contribution in [1.29, 1.82) is 0 Å².